The molecule has 0 spiro atoms. The molecule has 0 aromatic heterocycles. The number of carbonyl (C=O) groups excluding carboxylic acids is 3. The summed E-state index contributed by atoms with van der Waals surface area (Å²) in [5, 5.41) is 2.65. The molecule has 1 unspecified atom stereocenters. The fourth-order valence-corrected chi connectivity index (χ4v) is 3.13. The molecule has 1 heterocycles. The van der Waals surface area contributed by atoms with Crippen molar-refractivity contribution in [2.24, 2.45) is 0 Å². The van der Waals surface area contributed by atoms with Crippen molar-refractivity contribution in [2.75, 3.05) is 13.6 Å². The van der Waals surface area contributed by atoms with Gasteiger partial charge in [0.1, 0.15) is 12.6 Å². The lowest BCUT2D eigenvalue weighted by molar-refractivity contribution is -0.138. The summed E-state index contributed by atoms with van der Waals surface area (Å²) in [6.07, 6.45) is 6.98. The molecule has 1 saturated carbocycles. The highest BCUT2D eigenvalue weighted by molar-refractivity contribution is 6.06. The van der Waals surface area contributed by atoms with Gasteiger partial charge < -0.3 is 10.2 Å². The Bertz CT molecular complexity index is 418. The fraction of sp³-hybridized carbons (Fsp3) is 0.800. The maximum atomic E-state index is 12.3. The number of urea groups is 1. The van der Waals surface area contributed by atoms with E-state index >= 15 is 0 Å². The number of nitrogens with one attached hydrogen (secondary N) is 1. The molecular weight excluding hydrogens is 270 g/mol. The van der Waals surface area contributed by atoms with Crippen molar-refractivity contribution in [1.82, 2.24) is 15.1 Å². The van der Waals surface area contributed by atoms with Crippen LogP contribution < -0.4 is 5.32 Å². The van der Waals surface area contributed by atoms with Crippen LogP contribution in [0.25, 0.3) is 0 Å². The molecule has 0 aromatic carbocycles. The molecule has 2 rings (SSSR count). The molecule has 2 aliphatic rings. The van der Waals surface area contributed by atoms with Gasteiger partial charge in [0, 0.05) is 13.1 Å². The van der Waals surface area contributed by atoms with E-state index in [1.54, 1.807) is 11.9 Å². The monoisotopic (exact) mass is 295 g/mol. The maximum Gasteiger partial charge on any atom is 0.325 e. The second-order valence-corrected chi connectivity index (χ2v) is 6.01. The third-order valence-corrected chi connectivity index (χ3v) is 4.49. The van der Waals surface area contributed by atoms with Gasteiger partial charge in [-0.3, -0.25) is 14.5 Å². The minimum atomic E-state index is -0.463. The number of imide groups is 1. The first-order chi connectivity index (χ1) is 10.0. The van der Waals surface area contributed by atoms with Gasteiger partial charge in [-0.15, -0.1) is 0 Å². The fourth-order valence-electron chi connectivity index (χ4n) is 3.13. The maximum absolute atomic E-state index is 12.3. The van der Waals surface area contributed by atoms with E-state index in [1.807, 2.05) is 6.92 Å². The molecule has 1 aliphatic carbocycles. The first kappa shape index (κ1) is 15.8. The highest BCUT2D eigenvalue weighted by Crippen LogP contribution is 2.22. The Balaban J connectivity index is 1.92. The van der Waals surface area contributed by atoms with Gasteiger partial charge in [0.25, 0.3) is 5.91 Å². The zero-order valence-corrected chi connectivity index (χ0v) is 12.9. The van der Waals surface area contributed by atoms with Crippen molar-refractivity contribution in [3.8, 4) is 0 Å². The second-order valence-electron chi connectivity index (χ2n) is 6.01. The second kappa shape index (κ2) is 6.91. The van der Waals surface area contributed by atoms with E-state index in [0.717, 1.165) is 37.0 Å². The molecule has 2 fully saturated rings. The molecule has 1 atom stereocenters. The van der Waals surface area contributed by atoms with Crippen molar-refractivity contribution in [3.63, 3.8) is 0 Å². The van der Waals surface area contributed by atoms with E-state index < -0.39 is 12.1 Å². The lowest BCUT2D eigenvalue weighted by Gasteiger charge is -2.32. The average Bonchev–Trinajstić information content (AvgIpc) is 2.75. The highest BCUT2D eigenvalue weighted by atomic mass is 16.2. The number of hydrogen-bond donors (Lipinski definition) is 1. The quantitative estimate of drug-likeness (QED) is 0.781. The molecule has 6 nitrogen and oxygen atoms in total. The summed E-state index contributed by atoms with van der Waals surface area (Å²) in [5.74, 6) is -0.421. The van der Waals surface area contributed by atoms with Crippen molar-refractivity contribution >= 4 is 17.8 Å². The Hall–Kier alpha value is -1.59. The first-order valence-corrected chi connectivity index (χ1v) is 7.92. The lowest BCUT2D eigenvalue weighted by atomic mass is 9.94. The van der Waals surface area contributed by atoms with Crippen LogP contribution in [-0.4, -0.2) is 53.3 Å². The SMILES string of the molecule is CCCC1NC(=O)N(CC(=O)N(C)C2CCCCC2)C1=O. The van der Waals surface area contributed by atoms with Gasteiger partial charge in [-0.25, -0.2) is 4.79 Å². The van der Waals surface area contributed by atoms with Crippen molar-refractivity contribution in [1.29, 1.82) is 0 Å². The third-order valence-electron chi connectivity index (χ3n) is 4.49. The number of hydrogen-bond acceptors (Lipinski definition) is 3. The number of likely N-dealkylation sites (N-methyl/N-ethyl adjacent to an activating group) is 1. The van der Waals surface area contributed by atoms with Gasteiger partial charge in [0.15, 0.2) is 0 Å². The number of amides is 4. The summed E-state index contributed by atoms with van der Waals surface area (Å²) < 4.78 is 0. The molecule has 0 bridgehead atoms. The van der Waals surface area contributed by atoms with Gasteiger partial charge in [0.05, 0.1) is 0 Å². The molecule has 0 aromatic rings. The Morgan fingerprint density at radius 3 is 2.57 bits per heavy atom. The van der Waals surface area contributed by atoms with Gasteiger partial charge in [-0.2, -0.15) is 0 Å². The van der Waals surface area contributed by atoms with E-state index in [4.69, 9.17) is 0 Å². The summed E-state index contributed by atoms with van der Waals surface area (Å²) in [6.45, 7) is 1.82. The molecule has 6 heteroatoms. The zero-order chi connectivity index (χ0) is 15.4. The van der Waals surface area contributed by atoms with E-state index in [1.165, 1.54) is 6.42 Å². The summed E-state index contributed by atoms with van der Waals surface area (Å²) in [4.78, 5) is 39.0. The molecule has 21 heavy (non-hydrogen) atoms. The van der Waals surface area contributed by atoms with Crippen molar-refractivity contribution < 1.29 is 14.4 Å². The summed E-state index contributed by atoms with van der Waals surface area (Å²) in [5.41, 5.74) is 0. The van der Waals surface area contributed by atoms with Crippen molar-refractivity contribution in [3.05, 3.63) is 0 Å². The Kier molecular flexibility index (Phi) is 5.20. The van der Waals surface area contributed by atoms with Crippen LogP contribution in [0.15, 0.2) is 0 Å². The number of carbonyl (C=O) groups is 3. The molecule has 1 aliphatic heterocycles. The number of rotatable bonds is 5. The first-order valence-electron chi connectivity index (χ1n) is 7.92. The summed E-state index contributed by atoms with van der Waals surface area (Å²) in [7, 11) is 1.78. The summed E-state index contributed by atoms with van der Waals surface area (Å²) >= 11 is 0. The minimum absolute atomic E-state index is 0.141. The van der Waals surface area contributed by atoms with E-state index in [2.05, 4.69) is 5.32 Å². The molecule has 118 valence electrons. The Morgan fingerprint density at radius 1 is 1.29 bits per heavy atom. The van der Waals surface area contributed by atoms with Gasteiger partial charge in [-0.05, 0) is 19.3 Å². The molecule has 4 amide bonds. The van der Waals surface area contributed by atoms with Crippen LogP contribution in [0.4, 0.5) is 4.79 Å². The van der Waals surface area contributed by atoms with Gasteiger partial charge >= 0.3 is 6.03 Å². The van der Waals surface area contributed by atoms with Crippen molar-refractivity contribution in [2.45, 2.75) is 64.0 Å². The Labute approximate surface area is 125 Å². The topological polar surface area (TPSA) is 69.7 Å². The summed E-state index contributed by atoms with van der Waals surface area (Å²) in [6, 6.07) is -0.655. The van der Waals surface area contributed by atoms with Crippen LogP contribution in [0.2, 0.25) is 0 Å². The van der Waals surface area contributed by atoms with Crippen LogP contribution in [0.1, 0.15) is 51.9 Å². The normalized spacial score (nSPS) is 23.3. The molecular formula is C15H25N3O3. The average molecular weight is 295 g/mol. The van der Waals surface area contributed by atoms with Crippen LogP contribution in [-0.2, 0) is 9.59 Å². The van der Waals surface area contributed by atoms with Crippen LogP contribution in [0.5, 0.6) is 0 Å². The molecule has 1 saturated heterocycles. The predicted octanol–water partition coefficient (Wildman–Crippen LogP) is 1.50. The standard InChI is InChI=1S/C15H25N3O3/c1-3-7-12-14(20)18(15(21)16-12)10-13(19)17(2)11-8-5-4-6-9-11/h11-12H,3-10H2,1-2H3,(H,16,21). The minimum Gasteiger partial charge on any atom is -0.341 e. The van der Waals surface area contributed by atoms with Crippen LogP contribution in [0, 0.1) is 0 Å². The highest BCUT2D eigenvalue weighted by Gasteiger charge is 2.39. The van der Waals surface area contributed by atoms with E-state index in [-0.39, 0.29) is 24.4 Å². The predicted molar refractivity (Wildman–Crippen MR) is 78.6 cm³/mol. The third kappa shape index (κ3) is 3.54. The van der Waals surface area contributed by atoms with Gasteiger partial charge in [0.2, 0.25) is 5.91 Å². The smallest absolute Gasteiger partial charge is 0.325 e. The largest absolute Gasteiger partial charge is 0.341 e. The lowest BCUT2D eigenvalue weighted by Crippen LogP contribution is -2.46. The zero-order valence-electron chi connectivity index (χ0n) is 12.9. The molecule has 0 radical (unpaired) electrons. The molecule has 1 N–H and O–H groups in total. The Morgan fingerprint density at radius 2 is 1.95 bits per heavy atom. The van der Waals surface area contributed by atoms with E-state index in [9.17, 15) is 14.4 Å². The van der Waals surface area contributed by atoms with Crippen LogP contribution in [0.3, 0.4) is 0 Å². The number of nitrogens with zero attached hydrogens (tertiary/aromatic N) is 2. The van der Waals surface area contributed by atoms with E-state index in [0.29, 0.717) is 6.42 Å². The van der Waals surface area contributed by atoms with Gasteiger partial charge in [-0.1, -0.05) is 32.6 Å². The van der Waals surface area contributed by atoms with Crippen LogP contribution >= 0.6 is 0 Å².